The van der Waals surface area contributed by atoms with E-state index in [0.29, 0.717) is 18.8 Å². The normalized spacial score (nSPS) is 13.0. The standard InChI is InChI=1S/C23H19FN4O/c1-16-10-12-28(25-16)18-8-9-20(21(24)13-18)23(29)27-15-19-6-4-11-26(19)14-17-5-2-3-7-22(17)27/h2-13H,14-15H2,1H3. The highest BCUT2D eigenvalue weighted by Gasteiger charge is 2.26. The van der Waals surface area contributed by atoms with Crippen molar-refractivity contribution in [2.75, 3.05) is 4.90 Å². The van der Waals surface area contributed by atoms with Gasteiger partial charge >= 0.3 is 0 Å². The molecule has 1 aliphatic heterocycles. The monoisotopic (exact) mass is 386 g/mol. The summed E-state index contributed by atoms with van der Waals surface area (Å²) in [5.74, 6) is -0.912. The van der Waals surface area contributed by atoms with E-state index in [4.69, 9.17) is 0 Å². The number of nitrogens with zero attached hydrogens (tertiary/aromatic N) is 4. The first-order valence-corrected chi connectivity index (χ1v) is 9.46. The van der Waals surface area contributed by atoms with Crippen LogP contribution in [0.1, 0.15) is 27.3 Å². The number of rotatable bonds is 2. The Bertz CT molecular complexity index is 1220. The Morgan fingerprint density at radius 1 is 1.00 bits per heavy atom. The zero-order chi connectivity index (χ0) is 20.0. The summed E-state index contributed by atoms with van der Waals surface area (Å²) in [5, 5.41) is 4.30. The van der Waals surface area contributed by atoms with Gasteiger partial charge in [0.2, 0.25) is 0 Å². The van der Waals surface area contributed by atoms with Gasteiger partial charge < -0.3 is 9.47 Å². The average molecular weight is 386 g/mol. The van der Waals surface area contributed by atoms with E-state index < -0.39 is 5.82 Å². The van der Waals surface area contributed by atoms with Crippen LogP contribution in [0.3, 0.4) is 0 Å². The number of para-hydroxylation sites is 1. The van der Waals surface area contributed by atoms with Gasteiger partial charge in [-0.2, -0.15) is 5.10 Å². The Hall–Kier alpha value is -3.67. The second kappa shape index (κ2) is 6.74. The predicted octanol–water partition coefficient (Wildman–Crippen LogP) is 4.33. The summed E-state index contributed by atoms with van der Waals surface area (Å²) >= 11 is 0. The van der Waals surface area contributed by atoms with E-state index >= 15 is 0 Å². The molecule has 5 nitrogen and oxygen atoms in total. The van der Waals surface area contributed by atoms with Crippen LogP contribution in [0.15, 0.2) is 73.1 Å². The molecule has 0 saturated heterocycles. The fourth-order valence-corrected chi connectivity index (χ4v) is 3.79. The lowest BCUT2D eigenvalue weighted by Gasteiger charge is -2.23. The molecule has 0 saturated carbocycles. The highest BCUT2D eigenvalue weighted by molar-refractivity contribution is 6.06. The summed E-state index contributed by atoms with van der Waals surface area (Å²) in [6.45, 7) is 2.95. The van der Waals surface area contributed by atoms with Crippen molar-refractivity contribution in [3.63, 3.8) is 0 Å². The smallest absolute Gasteiger partial charge is 0.261 e. The number of halogens is 1. The van der Waals surface area contributed by atoms with Gasteiger partial charge in [-0.3, -0.25) is 4.79 Å². The maximum atomic E-state index is 15.0. The number of aromatic nitrogens is 3. The third-order valence-corrected chi connectivity index (χ3v) is 5.28. The molecule has 3 heterocycles. The quantitative estimate of drug-likeness (QED) is 0.515. The van der Waals surface area contributed by atoms with E-state index in [0.717, 1.165) is 22.6 Å². The SMILES string of the molecule is Cc1ccn(-c2ccc(C(=O)N3Cc4cccn4Cc4ccccc43)c(F)c2)n1. The molecule has 4 aromatic rings. The Morgan fingerprint density at radius 3 is 2.66 bits per heavy atom. The zero-order valence-corrected chi connectivity index (χ0v) is 15.9. The molecule has 29 heavy (non-hydrogen) atoms. The minimum Gasteiger partial charge on any atom is -0.345 e. The number of aryl methyl sites for hydroxylation is 1. The van der Waals surface area contributed by atoms with Gasteiger partial charge in [0.25, 0.3) is 5.91 Å². The lowest BCUT2D eigenvalue weighted by atomic mass is 10.1. The highest BCUT2D eigenvalue weighted by atomic mass is 19.1. The van der Waals surface area contributed by atoms with Crippen molar-refractivity contribution in [2.24, 2.45) is 0 Å². The topological polar surface area (TPSA) is 43.1 Å². The number of hydrogen-bond acceptors (Lipinski definition) is 2. The Kier molecular flexibility index (Phi) is 4.05. The first-order chi connectivity index (χ1) is 14.1. The van der Waals surface area contributed by atoms with E-state index in [-0.39, 0.29) is 11.5 Å². The first kappa shape index (κ1) is 17.4. The second-order valence-corrected chi connectivity index (χ2v) is 7.21. The summed E-state index contributed by atoms with van der Waals surface area (Å²) in [6.07, 6.45) is 3.77. The Morgan fingerprint density at radius 2 is 1.86 bits per heavy atom. The van der Waals surface area contributed by atoms with Crippen LogP contribution in [0.5, 0.6) is 0 Å². The number of carbonyl (C=O) groups is 1. The minimum absolute atomic E-state index is 0.0486. The second-order valence-electron chi connectivity index (χ2n) is 7.21. The van der Waals surface area contributed by atoms with Gasteiger partial charge in [-0.05, 0) is 48.9 Å². The van der Waals surface area contributed by atoms with Crippen LogP contribution < -0.4 is 4.90 Å². The molecule has 2 aromatic carbocycles. The summed E-state index contributed by atoms with van der Waals surface area (Å²) in [5.41, 5.74) is 4.32. The van der Waals surface area contributed by atoms with Crippen LogP contribution in [0.2, 0.25) is 0 Å². The van der Waals surface area contributed by atoms with E-state index in [9.17, 15) is 9.18 Å². The molecule has 0 spiro atoms. The average Bonchev–Trinajstić information content (AvgIpc) is 3.32. The molecule has 1 amide bonds. The lowest BCUT2D eigenvalue weighted by Crippen LogP contribution is -2.31. The summed E-state index contributed by atoms with van der Waals surface area (Å²) in [7, 11) is 0. The third-order valence-electron chi connectivity index (χ3n) is 5.28. The van der Waals surface area contributed by atoms with E-state index in [1.165, 1.54) is 12.1 Å². The van der Waals surface area contributed by atoms with Crippen molar-refractivity contribution >= 4 is 11.6 Å². The van der Waals surface area contributed by atoms with Gasteiger partial charge in [-0.25, -0.2) is 9.07 Å². The van der Waals surface area contributed by atoms with E-state index in [1.54, 1.807) is 21.8 Å². The molecule has 0 N–H and O–H groups in total. The molecule has 0 aliphatic carbocycles. The van der Waals surface area contributed by atoms with Crippen molar-refractivity contribution in [3.05, 3.63) is 101 Å². The number of amides is 1. The Balaban J connectivity index is 1.55. The van der Waals surface area contributed by atoms with Gasteiger partial charge in [0.1, 0.15) is 5.82 Å². The van der Waals surface area contributed by atoms with Crippen molar-refractivity contribution < 1.29 is 9.18 Å². The van der Waals surface area contributed by atoms with Crippen molar-refractivity contribution in [3.8, 4) is 5.69 Å². The molecular formula is C23H19FN4O. The van der Waals surface area contributed by atoms with E-state index in [1.807, 2.05) is 55.6 Å². The predicted molar refractivity (Wildman–Crippen MR) is 109 cm³/mol. The summed E-state index contributed by atoms with van der Waals surface area (Å²) in [6, 6.07) is 18.2. The minimum atomic E-state index is -0.558. The summed E-state index contributed by atoms with van der Waals surface area (Å²) < 4.78 is 18.7. The van der Waals surface area contributed by atoms with Gasteiger partial charge in [0.05, 0.1) is 23.5 Å². The molecule has 0 unspecified atom stereocenters. The number of anilines is 1. The van der Waals surface area contributed by atoms with Gasteiger partial charge in [0.15, 0.2) is 0 Å². The molecule has 0 bridgehead atoms. The van der Waals surface area contributed by atoms with Crippen LogP contribution in [0.25, 0.3) is 5.69 Å². The maximum Gasteiger partial charge on any atom is 0.261 e. The first-order valence-electron chi connectivity index (χ1n) is 9.46. The van der Waals surface area contributed by atoms with Crippen molar-refractivity contribution in [1.82, 2.24) is 14.3 Å². The molecule has 5 rings (SSSR count). The highest BCUT2D eigenvalue weighted by Crippen LogP contribution is 2.29. The van der Waals surface area contributed by atoms with Crippen LogP contribution in [-0.4, -0.2) is 20.3 Å². The molecule has 1 aliphatic rings. The van der Waals surface area contributed by atoms with Crippen LogP contribution in [0.4, 0.5) is 10.1 Å². The zero-order valence-electron chi connectivity index (χ0n) is 15.9. The van der Waals surface area contributed by atoms with Gasteiger partial charge in [-0.15, -0.1) is 0 Å². The largest absolute Gasteiger partial charge is 0.345 e. The molecule has 2 aromatic heterocycles. The fourth-order valence-electron chi connectivity index (χ4n) is 3.79. The third kappa shape index (κ3) is 3.02. The van der Waals surface area contributed by atoms with Gasteiger partial charge in [0, 0.05) is 36.4 Å². The number of fused-ring (bicyclic) bond motifs is 2. The molecule has 144 valence electrons. The number of benzene rings is 2. The fraction of sp³-hybridized carbons (Fsp3) is 0.130. The number of hydrogen-bond donors (Lipinski definition) is 0. The van der Waals surface area contributed by atoms with Crippen LogP contribution >= 0.6 is 0 Å². The molecule has 0 atom stereocenters. The Labute approximate surface area is 167 Å². The maximum absolute atomic E-state index is 15.0. The molecule has 0 radical (unpaired) electrons. The lowest BCUT2D eigenvalue weighted by molar-refractivity contribution is 0.0981. The van der Waals surface area contributed by atoms with E-state index in [2.05, 4.69) is 9.67 Å². The molecule has 0 fully saturated rings. The summed E-state index contributed by atoms with van der Waals surface area (Å²) in [4.78, 5) is 15.0. The van der Waals surface area contributed by atoms with Crippen LogP contribution in [0, 0.1) is 12.7 Å². The molecular weight excluding hydrogens is 367 g/mol. The van der Waals surface area contributed by atoms with Crippen molar-refractivity contribution in [2.45, 2.75) is 20.0 Å². The number of carbonyl (C=O) groups excluding carboxylic acids is 1. The van der Waals surface area contributed by atoms with Crippen LogP contribution in [-0.2, 0) is 13.1 Å². The van der Waals surface area contributed by atoms with Gasteiger partial charge in [-0.1, -0.05) is 18.2 Å². The molecule has 6 heteroatoms. The van der Waals surface area contributed by atoms with Crippen molar-refractivity contribution in [1.29, 1.82) is 0 Å².